The minimum absolute atomic E-state index is 0.201. The molecule has 0 amide bonds. The lowest BCUT2D eigenvalue weighted by atomic mass is 9.66. The third kappa shape index (κ3) is 5.83. The van der Waals surface area contributed by atoms with Crippen LogP contribution in [0.1, 0.15) is 104 Å². The van der Waals surface area contributed by atoms with E-state index in [4.69, 9.17) is 0 Å². The van der Waals surface area contributed by atoms with E-state index in [1.54, 1.807) is 13.8 Å². The Bertz CT molecular complexity index is 595. The first-order valence-electron chi connectivity index (χ1n) is 12.1. The Kier molecular flexibility index (Phi) is 8.04. The van der Waals surface area contributed by atoms with Crippen LogP contribution in [-0.2, 0) is 14.6 Å². The summed E-state index contributed by atoms with van der Waals surface area (Å²) in [6.45, 7) is 3.55. The molecule has 0 spiro atoms. The molecule has 4 heteroatoms. The van der Waals surface area contributed by atoms with Crippen LogP contribution in [0.4, 0.5) is 0 Å². The van der Waals surface area contributed by atoms with Crippen molar-refractivity contribution in [2.24, 2.45) is 29.6 Å². The molecule has 0 bridgehead atoms. The van der Waals surface area contributed by atoms with Crippen molar-refractivity contribution in [3.63, 3.8) is 0 Å². The molecule has 162 valence electrons. The van der Waals surface area contributed by atoms with Gasteiger partial charge in [0, 0.05) is 12.3 Å². The summed E-state index contributed by atoms with van der Waals surface area (Å²) in [5.74, 6) is 3.58. The summed E-state index contributed by atoms with van der Waals surface area (Å²) < 4.78 is 24.4. The molecule has 3 aliphatic rings. The first kappa shape index (κ1) is 22.3. The van der Waals surface area contributed by atoms with E-state index < -0.39 is 9.84 Å². The van der Waals surface area contributed by atoms with Gasteiger partial charge in [-0.3, -0.25) is 4.79 Å². The summed E-state index contributed by atoms with van der Waals surface area (Å²) in [4.78, 5) is 13.1. The zero-order valence-electron chi connectivity index (χ0n) is 18.2. The summed E-state index contributed by atoms with van der Waals surface area (Å²) in [5, 5.41) is -0.283. The SMILES string of the molecule is CC(C)S(=O)(=O)CC1CCC(C(=O)CC2CCCCC2C2CCCCC2)CC1. The molecular formula is C24H42O3S. The smallest absolute Gasteiger partial charge is 0.152 e. The summed E-state index contributed by atoms with van der Waals surface area (Å²) >= 11 is 0. The van der Waals surface area contributed by atoms with Gasteiger partial charge in [-0.25, -0.2) is 8.42 Å². The van der Waals surface area contributed by atoms with E-state index in [-0.39, 0.29) is 17.1 Å². The van der Waals surface area contributed by atoms with Crippen molar-refractivity contribution in [2.75, 3.05) is 5.75 Å². The average molecular weight is 411 g/mol. The van der Waals surface area contributed by atoms with Gasteiger partial charge in [0.1, 0.15) is 5.78 Å². The first-order valence-corrected chi connectivity index (χ1v) is 13.8. The molecule has 2 unspecified atom stereocenters. The molecule has 0 heterocycles. The van der Waals surface area contributed by atoms with Crippen LogP contribution in [0.2, 0.25) is 0 Å². The molecule has 0 radical (unpaired) electrons. The Morgan fingerprint density at radius 2 is 1.43 bits per heavy atom. The number of sulfone groups is 1. The van der Waals surface area contributed by atoms with E-state index in [1.807, 2.05) is 0 Å². The van der Waals surface area contributed by atoms with E-state index in [0.717, 1.165) is 43.9 Å². The van der Waals surface area contributed by atoms with Gasteiger partial charge < -0.3 is 0 Å². The van der Waals surface area contributed by atoms with Gasteiger partial charge in [-0.05, 0) is 76.0 Å². The van der Waals surface area contributed by atoms with Gasteiger partial charge in [0.2, 0.25) is 0 Å². The monoisotopic (exact) mass is 410 g/mol. The zero-order valence-corrected chi connectivity index (χ0v) is 19.0. The average Bonchev–Trinajstić information content (AvgIpc) is 2.69. The molecule has 0 aromatic heterocycles. The van der Waals surface area contributed by atoms with Crippen LogP contribution in [-0.4, -0.2) is 25.2 Å². The molecule has 28 heavy (non-hydrogen) atoms. The minimum Gasteiger partial charge on any atom is -0.299 e. The number of ketones is 1. The Hall–Kier alpha value is -0.380. The minimum atomic E-state index is -2.96. The van der Waals surface area contributed by atoms with E-state index in [2.05, 4.69) is 0 Å². The van der Waals surface area contributed by atoms with Gasteiger partial charge in [-0.15, -0.1) is 0 Å². The van der Waals surface area contributed by atoms with Crippen LogP contribution in [0.3, 0.4) is 0 Å². The third-order valence-electron chi connectivity index (χ3n) is 8.17. The highest BCUT2D eigenvalue weighted by Gasteiger charge is 2.36. The van der Waals surface area contributed by atoms with Crippen LogP contribution in [0, 0.1) is 29.6 Å². The van der Waals surface area contributed by atoms with E-state index in [1.165, 1.54) is 57.8 Å². The van der Waals surface area contributed by atoms with Gasteiger partial charge >= 0.3 is 0 Å². The fraction of sp³-hybridized carbons (Fsp3) is 0.958. The van der Waals surface area contributed by atoms with E-state index >= 15 is 0 Å². The van der Waals surface area contributed by atoms with Crippen molar-refractivity contribution in [3.8, 4) is 0 Å². The lowest BCUT2D eigenvalue weighted by molar-refractivity contribution is -0.126. The van der Waals surface area contributed by atoms with Gasteiger partial charge in [-0.1, -0.05) is 44.9 Å². The Morgan fingerprint density at radius 1 is 0.821 bits per heavy atom. The number of carbonyl (C=O) groups excluding carboxylic acids is 1. The molecule has 3 rings (SSSR count). The summed E-state index contributed by atoms with van der Waals surface area (Å²) in [5.41, 5.74) is 0. The quantitative estimate of drug-likeness (QED) is 0.520. The molecule has 3 aliphatic carbocycles. The highest BCUT2D eigenvalue weighted by atomic mass is 32.2. The predicted molar refractivity (Wildman–Crippen MR) is 116 cm³/mol. The highest BCUT2D eigenvalue weighted by Crippen LogP contribution is 2.44. The molecule has 2 atom stereocenters. The molecule has 3 saturated carbocycles. The van der Waals surface area contributed by atoms with Gasteiger partial charge in [0.05, 0.1) is 11.0 Å². The fourth-order valence-corrected chi connectivity index (χ4v) is 7.65. The normalized spacial score (nSPS) is 33.1. The second-order valence-corrected chi connectivity index (χ2v) is 13.0. The summed E-state index contributed by atoms with van der Waals surface area (Å²) in [6, 6.07) is 0. The number of Topliss-reactive ketones (excluding diaryl/α,β-unsaturated/α-hetero) is 1. The molecule has 0 saturated heterocycles. The van der Waals surface area contributed by atoms with Crippen LogP contribution in [0.15, 0.2) is 0 Å². The molecule has 3 fully saturated rings. The van der Waals surface area contributed by atoms with Crippen LogP contribution < -0.4 is 0 Å². The van der Waals surface area contributed by atoms with Crippen molar-refractivity contribution < 1.29 is 13.2 Å². The highest BCUT2D eigenvalue weighted by molar-refractivity contribution is 7.91. The Morgan fingerprint density at radius 3 is 2.07 bits per heavy atom. The zero-order chi connectivity index (χ0) is 20.1. The first-order chi connectivity index (χ1) is 13.4. The number of hydrogen-bond donors (Lipinski definition) is 0. The Labute approximate surface area is 173 Å². The standard InChI is InChI=1S/C24H42O3S/c1-18(2)28(26,27)17-19-12-14-21(15-13-19)24(25)16-22-10-6-7-11-23(22)20-8-4-3-5-9-20/h18-23H,3-17H2,1-2H3. The van der Waals surface area contributed by atoms with Gasteiger partial charge in [-0.2, -0.15) is 0 Å². The van der Waals surface area contributed by atoms with Crippen molar-refractivity contribution in [3.05, 3.63) is 0 Å². The maximum absolute atomic E-state index is 13.1. The van der Waals surface area contributed by atoms with Crippen LogP contribution >= 0.6 is 0 Å². The van der Waals surface area contributed by atoms with Crippen LogP contribution in [0.25, 0.3) is 0 Å². The Balaban J connectivity index is 1.49. The summed E-state index contributed by atoms with van der Waals surface area (Å²) in [6.07, 6.45) is 16.7. The molecule has 0 N–H and O–H groups in total. The maximum atomic E-state index is 13.1. The van der Waals surface area contributed by atoms with E-state index in [9.17, 15) is 13.2 Å². The lowest BCUT2D eigenvalue weighted by Crippen LogP contribution is -2.33. The van der Waals surface area contributed by atoms with E-state index in [0.29, 0.717) is 17.5 Å². The van der Waals surface area contributed by atoms with Crippen LogP contribution in [0.5, 0.6) is 0 Å². The summed E-state index contributed by atoms with van der Waals surface area (Å²) in [7, 11) is -2.96. The molecule has 0 aromatic rings. The second kappa shape index (κ2) is 10.1. The van der Waals surface area contributed by atoms with Crippen molar-refractivity contribution in [2.45, 2.75) is 109 Å². The number of hydrogen-bond acceptors (Lipinski definition) is 3. The maximum Gasteiger partial charge on any atom is 0.152 e. The largest absolute Gasteiger partial charge is 0.299 e. The number of rotatable bonds is 7. The molecule has 0 aromatic carbocycles. The third-order valence-corrected chi connectivity index (χ3v) is 10.5. The van der Waals surface area contributed by atoms with Gasteiger partial charge in [0.15, 0.2) is 9.84 Å². The second-order valence-electron chi connectivity index (χ2n) is 10.4. The molecular weight excluding hydrogens is 368 g/mol. The van der Waals surface area contributed by atoms with Crippen molar-refractivity contribution in [1.29, 1.82) is 0 Å². The fourth-order valence-electron chi connectivity index (χ4n) is 6.27. The molecule has 0 aliphatic heterocycles. The van der Waals surface area contributed by atoms with Crippen molar-refractivity contribution >= 4 is 15.6 Å². The van der Waals surface area contributed by atoms with Crippen molar-refractivity contribution in [1.82, 2.24) is 0 Å². The van der Waals surface area contributed by atoms with Gasteiger partial charge in [0.25, 0.3) is 0 Å². The molecule has 3 nitrogen and oxygen atoms in total. The topological polar surface area (TPSA) is 51.2 Å². The number of carbonyl (C=O) groups is 1. The predicted octanol–water partition coefficient (Wildman–Crippen LogP) is 5.96. The lowest BCUT2D eigenvalue weighted by Gasteiger charge is -2.39.